The summed E-state index contributed by atoms with van der Waals surface area (Å²) in [4.78, 5) is 27.7. The first kappa shape index (κ1) is 23.6. The van der Waals surface area contributed by atoms with Gasteiger partial charge in [-0.1, -0.05) is 41.9 Å². The molecule has 0 aromatic heterocycles. The number of nitrogens with one attached hydrogen (secondary N) is 3. The van der Waals surface area contributed by atoms with E-state index in [1.165, 1.54) is 0 Å². The summed E-state index contributed by atoms with van der Waals surface area (Å²) in [6, 6.07) is 12.9. The molecule has 9 heteroatoms. The lowest BCUT2D eigenvalue weighted by atomic mass is 9.85. The number of guanidine groups is 1. The van der Waals surface area contributed by atoms with Gasteiger partial charge < -0.3 is 20.1 Å². The van der Waals surface area contributed by atoms with Gasteiger partial charge in [0.05, 0.1) is 28.8 Å². The fourth-order valence-electron chi connectivity index (χ4n) is 5.23. The topological polar surface area (TPSA) is 104 Å². The lowest BCUT2D eigenvalue weighted by molar-refractivity contribution is -0.134. The molecule has 3 aliphatic rings. The third-order valence-corrected chi connectivity index (χ3v) is 7.43. The van der Waals surface area contributed by atoms with Gasteiger partial charge in [0.25, 0.3) is 5.91 Å². The maximum absolute atomic E-state index is 13.2. The molecule has 0 saturated carbocycles. The number of para-hydroxylation sites is 1. The molecule has 35 heavy (non-hydrogen) atoms. The maximum atomic E-state index is 13.2. The van der Waals surface area contributed by atoms with E-state index < -0.39 is 11.6 Å². The third-order valence-electron chi connectivity index (χ3n) is 7.02. The molecule has 3 heterocycles. The zero-order chi connectivity index (χ0) is 24.7. The van der Waals surface area contributed by atoms with Crippen LogP contribution in [0.1, 0.15) is 44.2 Å². The lowest BCUT2D eigenvalue weighted by Crippen LogP contribution is -2.63. The van der Waals surface area contributed by atoms with Gasteiger partial charge >= 0.3 is 0 Å². The van der Waals surface area contributed by atoms with E-state index in [-0.39, 0.29) is 36.3 Å². The van der Waals surface area contributed by atoms with Crippen molar-refractivity contribution < 1.29 is 19.1 Å². The Morgan fingerprint density at radius 3 is 2.80 bits per heavy atom. The van der Waals surface area contributed by atoms with Crippen LogP contribution < -0.4 is 15.4 Å². The van der Waals surface area contributed by atoms with Crippen LogP contribution in [0, 0.1) is 5.41 Å². The Morgan fingerprint density at radius 2 is 2.06 bits per heavy atom. The monoisotopic (exact) mass is 496 g/mol. The summed E-state index contributed by atoms with van der Waals surface area (Å²) in [5.41, 5.74) is 1.19. The number of hydrogen-bond donors (Lipinski definition) is 3. The molecule has 5 rings (SSSR count). The lowest BCUT2D eigenvalue weighted by Gasteiger charge is -2.45. The highest BCUT2D eigenvalue weighted by atomic mass is 35.5. The van der Waals surface area contributed by atoms with E-state index in [0.29, 0.717) is 47.9 Å². The Kier molecular flexibility index (Phi) is 6.19. The van der Waals surface area contributed by atoms with Gasteiger partial charge in [0.1, 0.15) is 5.75 Å². The van der Waals surface area contributed by atoms with Gasteiger partial charge in [-0.3, -0.25) is 19.9 Å². The van der Waals surface area contributed by atoms with Gasteiger partial charge in [-0.05, 0) is 49.9 Å². The van der Waals surface area contributed by atoms with Gasteiger partial charge in [0.2, 0.25) is 5.91 Å². The number of carbonyl (C=O) groups excluding carboxylic acids is 2. The van der Waals surface area contributed by atoms with Crippen molar-refractivity contribution in [2.24, 2.45) is 0 Å². The number of amides is 2. The number of hydrogen-bond acceptors (Lipinski definition) is 5. The fraction of sp³-hybridized carbons (Fsp3) is 0.423. The molecule has 3 N–H and O–H groups in total. The SMILES string of the molecule is C[C@@H]1C[C@H](N2C(=N)N[C@](C)(c3cccc(NC(=O)C4Cc5ccccc5O4)c3Cl)CC2=O)CCO1. The quantitative estimate of drug-likeness (QED) is 0.597. The van der Waals surface area contributed by atoms with Crippen molar-refractivity contribution in [3.63, 3.8) is 0 Å². The van der Waals surface area contributed by atoms with E-state index in [2.05, 4.69) is 10.6 Å². The molecule has 1 unspecified atom stereocenters. The molecular formula is C26H29ClN4O4. The first-order valence-corrected chi connectivity index (χ1v) is 12.3. The number of carbonyl (C=O) groups is 2. The maximum Gasteiger partial charge on any atom is 0.265 e. The molecule has 3 aliphatic heterocycles. The Balaban J connectivity index is 1.32. The van der Waals surface area contributed by atoms with Crippen LogP contribution in [0.4, 0.5) is 5.69 Å². The zero-order valence-corrected chi connectivity index (χ0v) is 20.5. The van der Waals surface area contributed by atoms with Crippen LogP contribution in [0.25, 0.3) is 0 Å². The molecule has 0 aliphatic carbocycles. The minimum Gasteiger partial charge on any atom is -0.480 e. The van der Waals surface area contributed by atoms with E-state index in [4.69, 9.17) is 26.5 Å². The Bertz CT molecular complexity index is 1140. The normalized spacial score (nSPS) is 28.2. The molecular weight excluding hydrogens is 468 g/mol. The second-order valence-corrected chi connectivity index (χ2v) is 10.1. The highest BCUT2D eigenvalue weighted by molar-refractivity contribution is 6.34. The number of benzene rings is 2. The van der Waals surface area contributed by atoms with Crippen molar-refractivity contribution >= 4 is 35.1 Å². The first-order chi connectivity index (χ1) is 16.7. The summed E-state index contributed by atoms with van der Waals surface area (Å²) in [7, 11) is 0. The van der Waals surface area contributed by atoms with Crippen LogP contribution >= 0.6 is 11.6 Å². The van der Waals surface area contributed by atoms with E-state index in [9.17, 15) is 9.59 Å². The summed E-state index contributed by atoms with van der Waals surface area (Å²) < 4.78 is 11.4. The van der Waals surface area contributed by atoms with E-state index in [0.717, 1.165) is 5.56 Å². The number of anilines is 1. The highest BCUT2D eigenvalue weighted by Crippen LogP contribution is 2.39. The van der Waals surface area contributed by atoms with Crippen LogP contribution in [-0.2, 0) is 26.3 Å². The molecule has 8 nitrogen and oxygen atoms in total. The van der Waals surface area contributed by atoms with Gasteiger partial charge in [-0.15, -0.1) is 0 Å². The van der Waals surface area contributed by atoms with E-state index in [1.807, 2.05) is 44.2 Å². The fourth-order valence-corrected chi connectivity index (χ4v) is 5.61. The second-order valence-electron chi connectivity index (χ2n) is 9.68. The standard InChI is InChI=1S/C26H29ClN4O4/c1-15-12-17(10-11-34-15)31-22(32)14-26(2,30-25(31)28)18-7-5-8-19(23(18)27)29-24(33)21-13-16-6-3-4-9-20(16)35-21/h3-9,15,17,21H,10-14H2,1-2H3,(H2,28,30)(H,29,33)/t15-,17-,21?,26+/m1/s1. The predicted octanol–water partition coefficient (Wildman–Crippen LogP) is 3.82. The van der Waals surface area contributed by atoms with E-state index >= 15 is 0 Å². The van der Waals surface area contributed by atoms with Crippen molar-refractivity contribution in [3.8, 4) is 5.75 Å². The molecule has 0 spiro atoms. The molecule has 184 valence electrons. The summed E-state index contributed by atoms with van der Waals surface area (Å²) in [5, 5.41) is 15.1. The molecule has 2 saturated heterocycles. The predicted molar refractivity (Wildman–Crippen MR) is 133 cm³/mol. The van der Waals surface area contributed by atoms with Gasteiger partial charge in [0, 0.05) is 19.1 Å². The Morgan fingerprint density at radius 1 is 1.26 bits per heavy atom. The third kappa shape index (κ3) is 4.48. The second kappa shape index (κ2) is 9.17. The summed E-state index contributed by atoms with van der Waals surface area (Å²) in [6.07, 6.45) is 1.44. The number of halogens is 1. The molecule has 2 amide bonds. The Hall–Kier alpha value is -3.10. The minimum absolute atomic E-state index is 0.0500. The van der Waals surface area contributed by atoms with Gasteiger partial charge in [0.15, 0.2) is 12.1 Å². The van der Waals surface area contributed by atoms with Crippen molar-refractivity contribution in [1.29, 1.82) is 5.41 Å². The molecule has 2 fully saturated rings. The Labute approximate surface area is 209 Å². The highest BCUT2D eigenvalue weighted by Gasteiger charge is 2.44. The summed E-state index contributed by atoms with van der Waals surface area (Å²) in [5.74, 6) is 0.362. The van der Waals surface area contributed by atoms with Crippen LogP contribution in [0.2, 0.25) is 5.02 Å². The summed E-state index contributed by atoms with van der Waals surface area (Å²) >= 11 is 6.76. The van der Waals surface area contributed by atoms with Gasteiger partial charge in [-0.2, -0.15) is 0 Å². The van der Waals surface area contributed by atoms with Crippen molar-refractivity contribution in [1.82, 2.24) is 10.2 Å². The van der Waals surface area contributed by atoms with Crippen LogP contribution in [0.3, 0.4) is 0 Å². The first-order valence-electron chi connectivity index (χ1n) is 11.9. The largest absolute Gasteiger partial charge is 0.480 e. The van der Waals surface area contributed by atoms with Crippen LogP contribution in [0.15, 0.2) is 42.5 Å². The average Bonchev–Trinajstić information content (AvgIpc) is 3.24. The molecule has 0 radical (unpaired) electrons. The van der Waals surface area contributed by atoms with Gasteiger partial charge in [-0.25, -0.2) is 0 Å². The van der Waals surface area contributed by atoms with Crippen LogP contribution in [-0.4, -0.2) is 47.5 Å². The molecule has 4 atom stereocenters. The zero-order valence-electron chi connectivity index (χ0n) is 19.8. The summed E-state index contributed by atoms with van der Waals surface area (Å²) in [6.45, 7) is 4.41. The number of ether oxygens (including phenoxy) is 2. The molecule has 2 aromatic rings. The van der Waals surface area contributed by atoms with Crippen molar-refractivity contribution in [2.75, 3.05) is 11.9 Å². The number of nitrogens with zero attached hydrogens (tertiary/aromatic N) is 1. The van der Waals surface area contributed by atoms with E-state index in [1.54, 1.807) is 17.0 Å². The number of rotatable bonds is 4. The van der Waals surface area contributed by atoms with Crippen LogP contribution in [0.5, 0.6) is 5.75 Å². The van der Waals surface area contributed by atoms with Crippen molar-refractivity contribution in [2.45, 2.75) is 63.3 Å². The minimum atomic E-state index is -0.890. The van der Waals surface area contributed by atoms with Crippen molar-refractivity contribution in [3.05, 3.63) is 58.6 Å². The molecule has 2 aromatic carbocycles. The smallest absolute Gasteiger partial charge is 0.265 e. The molecule has 0 bridgehead atoms. The number of fused-ring (bicyclic) bond motifs is 1. The average molecular weight is 497 g/mol.